The zero-order chi connectivity index (χ0) is 9.80. The predicted molar refractivity (Wildman–Crippen MR) is 48.0 cm³/mol. The Kier molecular flexibility index (Phi) is 2.22. The van der Waals surface area contributed by atoms with E-state index in [1.165, 1.54) is 18.7 Å². The van der Waals surface area contributed by atoms with Crippen molar-refractivity contribution in [2.45, 2.75) is 0 Å². The van der Waals surface area contributed by atoms with Crippen molar-refractivity contribution in [3.63, 3.8) is 0 Å². The maximum Gasteiger partial charge on any atom is 0.325 e. The van der Waals surface area contributed by atoms with Crippen LogP contribution in [0, 0.1) is 0 Å². The fourth-order valence-electron chi connectivity index (χ4n) is 0.923. The van der Waals surface area contributed by atoms with Crippen LogP contribution in [0.25, 0.3) is 0 Å². The Hall–Kier alpha value is -2.17. The molecule has 2 aromatic rings. The number of rotatable bonds is 2. The smallest absolute Gasteiger partial charge is 0.325 e. The maximum atomic E-state index is 9.38. The minimum atomic E-state index is 0.0490. The van der Waals surface area contributed by atoms with Gasteiger partial charge in [0.05, 0.1) is 0 Å². The first-order valence-electron chi connectivity index (χ1n) is 3.94. The molecule has 70 valence electrons. The standard InChI is InChI=1S/C9H7N3O2/c13-7-3-1-2-4-8(7)14-9-11-5-10-6-12-9/h1-6,13H. The molecule has 0 aliphatic carbocycles. The number of benzene rings is 1. The Morgan fingerprint density at radius 2 is 1.79 bits per heavy atom. The van der Waals surface area contributed by atoms with Gasteiger partial charge in [-0.25, -0.2) is 4.98 Å². The molecule has 2 rings (SSSR count). The number of hydrogen-bond donors (Lipinski definition) is 1. The van der Waals surface area contributed by atoms with E-state index in [9.17, 15) is 5.11 Å². The Morgan fingerprint density at radius 3 is 2.50 bits per heavy atom. The fourth-order valence-corrected chi connectivity index (χ4v) is 0.923. The van der Waals surface area contributed by atoms with E-state index in [2.05, 4.69) is 15.0 Å². The molecular weight excluding hydrogens is 182 g/mol. The lowest BCUT2D eigenvalue weighted by Crippen LogP contribution is -1.91. The molecule has 0 aliphatic rings. The summed E-state index contributed by atoms with van der Waals surface area (Å²) in [6.07, 6.45) is 2.64. The molecule has 1 aromatic heterocycles. The minimum Gasteiger partial charge on any atom is -0.504 e. The van der Waals surface area contributed by atoms with Gasteiger partial charge in [-0.1, -0.05) is 12.1 Å². The van der Waals surface area contributed by atoms with Crippen LogP contribution in [0.15, 0.2) is 36.9 Å². The molecule has 14 heavy (non-hydrogen) atoms. The van der Waals surface area contributed by atoms with Crippen LogP contribution in [-0.4, -0.2) is 20.1 Å². The summed E-state index contributed by atoms with van der Waals surface area (Å²) in [4.78, 5) is 11.2. The summed E-state index contributed by atoms with van der Waals surface area (Å²) in [7, 11) is 0. The van der Waals surface area contributed by atoms with Gasteiger partial charge >= 0.3 is 6.01 Å². The molecule has 0 saturated carbocycles. The van der Waals surface area contributed by atoms with Gasteiger partial charge in [0, 0.05) is 0 Å². The van der Waals surface area contributed by atoms with Gasteiger partial charge in [-0.3, -0.25) is 0 Å². The van der Waals surface area contributed by atoms with Gasteiger partial charge in [-0.15, -0.1) is 0 Å². The number of ether oxygens (including phenoxy) is 1. The van der Waals surface area contributed by atoms with E-state index < -0.39 is 0 Å². The van der Waals surface area contributed by atoms with Crippen LogP contribution in [-0.2, 0) is 0 Å². The van der Waals surface area contributed by atoms with Crippen molar-refractivity contribution in [2.75, 3.05) is 0 Å². The molecule has 5 nitrogen and oxygen atoms in total. The monoisotopic (exact) mass is 189 g/mol. The second kappa shape index (κ2) is 3.69. The van der Waals surface area contributed by atoms with Crippen molar-refractivity contribution < 1.29 is 9.84 Å². The Bertz CT molecular complexity index is 419. The number of aromatic hydroxyl groups is 1. The van der Waals surface area contributed by atoms with Crippen LogP contribution < -0.4 is 4.74 Å². The quantitative estimate of drug-likeness (QED) is 0.772. The second-order valence-corrected chi connectivity index (χ2v) is 2.49. The first-order valence-corrected chi connectivity index (χ1v) is 3.94. The summed E-state index contributed by atoms with van der Waals surface area (Å²) in [6.45, 7) is 0. The molecule has 0 fully saturated rings. The van der Waals surface area contributed by atoms with E-state index in [4.69, 9.17) is 4.74 Å². The SMILES string of the molecule is Oc1ccccc1Oc1ncncn1. The third-order valence-corrected chi connectivity index (χ3v) is 1.54. The lowest BCUT2D eigenvalue weighted by atomic mass is 10.3. The molecule has 0 bridgehead atoms. The molecule has 1 N–H and O–H groups in total. The number of hydrogen-bond acceptors (Lipinski definition) is 5. The van der Waals surface area contributed by atoms with Crippen LogP contribution in [0.2, 0.25) is 0 Å². The van der Waals surface area contributed by atoms with Crippen molar-refractivity contribution >= 4 is 0 Å². The van der Waals surface area contributed by atoms with E-state index in [0.717, 1.165) is 0 Å². The van der Waals surface area contributed by atoms with Crippen LogP contribution in [0.4, 0.5) is 0 Å². The van der Waals surface area contributed by atoms with Gasteiger partial charge in [-0.05, 0) is 12.1 Å². The molecule has 1 aromatic carbocycles. The Morgan fingerprint density at radius 1 is 1.07 bits per heavy atom. The molecule has 0 amide bonds. The molecule has 1 heterocycles. The molecule has 0 saturated heterocycles. The van der Waals surface area contributed by atoms with Gasteiger partial charge in [-0.2, -0.15) is 9.97 Å². The molecule has 5 heteroatoms. The maximum absolute atomic E-state index is 9.38. The molecule has 0 unspecified atom stereocenters. The fraction of sp³-hybridized carbons (Fsp3) is 0. The van der Waals surface area contributed by atoms with Gasteiger partial charge in [0.25, 0.3) is 0 Å². The highest BCUT2D eigenvalue weighted by atomic mass is 16.5. The van der Waals surface area contributed by atoms with Crippen molar-refractivity contribution in [1.82, 2.24) is 15.0 Å². The van der Waals surface area contributed by atoms with Crippen LogP contribution in [0.3, 0.4) is 0 Å². The minimum absolute atomic E-state index is 0.0490. The van der Waals surface area contributed by atoms with E-state index in [0.29, 0.717) is 5.75 Å². The predicted octanol–water partition coefficient (Wildman–Crippen LogP) is 1.37. The summed E-state index contributed by atoms with van der Waals surface area (Å²) in [5, 5.41) is 9.38. The average molecular weight is 189 g/mol. The second-order valence-electron chi connectivity index (χ2n) is 2.49. The number of aromatic nitrogens is 3. The highest BCUT2D eigenvalue weighted by Crippen LogP contribution is 2.27. The number of phenolic OH excluding ortho intramolecular Hbond substituents is 1. The summed E-state index contributed by atoms with van der Waals surface area (Å²) < 4.78 is 5.20. The number of phenols is 1. The topological polar surface area (TPSA) is 68.1 Å². The molecule has 0 aliphatic heterocycles. The molecule has 0 spiro atoms. The van der Waals surface area contributed by atoms with E-state index in [1.807, 2.05) is 0 Å². The average Bonchev–Trinajstić information content (AvgIpc) is 2.23. The molecule has 0 radical (unpaired) electrons. The number of nitrogens with zero attached hydrogens (tertiary/aromatic N) is 3. The van der Waals surface area contributed by atoms with Gasteiger partial charge < -0.3 is 9.84 Å². The Labute approximate surface area is 80.1 Å². The number of para-hydroxylation sites is 2. The highest BCUT2D eigenvalue weighted by Gasteiger charge is 2.03. The van der Waals surface area contributed by atoms with Gasteiger partial charge in [0.2, 0.25) is 0 Å². The van der Waals surface area contributed by atoms with Crippen molar-refractivity contribution in [1.29, 1.82) is 0 Å². The van der Waals surface area contributed by atoms with Crippen molar-refractivity contribution in [2.24, 2.45) is 0 Å². The normalized spacial score (nSPS) is 9.71. The van der Waals surface area contributed by atoms with Crippen LogP contribution in [0.1, 0.15) is 0 Å². The lowest BCUT2D eigenvalue weighted by molar-refractivity contribution is 0.391. The third-order valence-electron chi connectivity index (χ3n) is 1.54. The first kappa shape index (κ1) is 8.43. The first-order chi connectivity index (χ1) is 6.86. The van der Waals surface area contributed by atoms with E-state index in [-0.39, 0.29) is 11.8 Å². The summed E-state index contributed by atoms with van der Waals surface area (Å²) in [5.41, 5.74) is 0. The third kappa shape index (κ3) is 1.77. The summed E-state index contributed by atoms with van der Waals surface area (Å²) in [6, 6.07) is 6.75. The largest absolute Gasteiger partial charge is 0.504 e. The van der Waals surface area contributed by atoms with Crippen molar-refractivity contribution in [3.05, 3.63) is 36.9 Å². The van der Waals surface area contributed by atoms with E-state index in [1.54, 1.807) is 18.2 Å². The van der Waals surface area contributed by atoms with Gasteiger partial charge in [0.1, 0.15) is 12.7 Å². The zero-order valence-electron chi connectivity index (χ0n) is 7.16. The van der Waals surface area contributed by atoms with Crippen LogP contribution >= 0.6 is 0 Å². The molecular formula is C9H7N3O2. The molecule has 0 atom stereocenters. The summed E-state index contributed by atoms with van der Waals surface area (Å²) in [5.74, 6) is 0.367. The van der Waals surface area contributed by atoms with Crippen molar-refractivity contribution in [3.8, 4) is 17.5 Å². The Balaban J connectivity index is 2.24. The van der Waals surface area contributed by atoms with E-state index >= 15 is 0 Å². The zero-order valence-corrected chi connectivity index (χ0v) is 7.16. The van der Waals surface area contributed by atoms with Gasteiger partial charge in [0.15, 0.2) is 11.5 Å². The highest BCUT2D eigenvalue weighted by molar-refractivity contribution is 5.39. The van der Waals surface area contributed by atoms with Crippen LogP contribution in [0.5, 0.6) is 17.5 Å². The summed E-state index contributed by atoms with van der Waals surface area (Å²) >= 11 is 0. The lowest BCUT2D eigenvalue weighted by Gasteiger charge is -2.03.